The number of amides is 2. The first-order valence-electron chi connectivity index (χ1n) is 6.04. The van der Waals surface area contributed by atoms with Gasteiger partial charge in [-0.1, -0.05) is 12.8 Å². The van der Waals surface area contributed by atoms with E-state index in [1.807, 2.05) is 0 Å². The van der Waals surface area contributed by atoms with Crippen molar-refractivity contribution in [3.63, 3.8) is 0 Å². The van der Waals surface area contributed by atoms with Gasteiger partial charge in [0, 0.05) is 25.4 Å². The van der Waals surface area contributed by atoms with Gasteiger partial charge in [-0.25, -0.2) is 0 Å². The van der Waals surface area contributed by atoms with Crippen LogP contribution >= 0.6 is 0 Å². The van der Waals surface area contributed by atoms with Gasteiger partial charge in [0.2, 0.25) is 5.91 Å². The summed E-state index contributed by atoms with van der Waals surface area (Å²) >= 11 is 0. The molecule has 1 aliphatic heterocycles. The minimum atomic E-state index is -0.218. The first kappa shape index (κ1) is 11.8. The third kappa shape index (κ3) is 2.90. The number of pyridine rings is 1. The molecule has 1 aromatic heterocycles. The van der Waals surface area contributed by atoms with Crippen molar-refractivity contribution < 1.29 is 9.59 Å². The maximum absolute atomic E-state index is 12.1. The molecule has 0 bridgehead atoms. The zero-order valence-corrected chi connectivity index (χ0v) is 9.76. The molecule has 0 spiro atoms. The fourth-order valence-electron chi connectivity index (χ4n) is 2.02. The Kier molecular flexibility index (Phi) is 3.85. The van der Waals surface area contributed by atoms with E-state index in [1.165, 1.54) is 11.1 Å². The molecule has 17 heavy (non-hydrogen) atoms. The van der Waals surface area contributed by atoms with Crippen LogP contribution in [0.5, 0.6) is 0 Å². The summed E-state index contributed by atoms with van der Waals surface area (Å²) in [6, 6.07) is 3.41. The molecule has 0 N–H and O–H groups in total. The monoisotopic (exact) mass is 232 g/mol. The van der Waals surface area contributed by atoms with Gasteiger partial charge in [-0.3, -0.25) is 19.5 Å². The predicted octanol–water partition coefficient (Wildman–Crippen LogP) is 2.01. The van der Waals surface area contributed by atoms with E-state index in [-0.39, 0.29) is 11.8 Å². The maximum Gasteiger partial charge on any atom is 0.262 e. The van der Waals surface area contributed by atoms with Gasteiger partial charge in [0.25, 0.3) is 5.91 Å². The molecule has 0 unspecified atom stereocenters. The van der Waals surface area contributed by atoms with Crippen LogP contribution in [0.1, 0.15) is 42.5 Å². The van der Waals surface area contributed by atoms with E-state index in [2.05, 4.69) is 4.98 Å². The second kappa shape index (κ2) is 5.57. The second-order valence-electron chi connectivity index (χ2n) is 4.26. The van der Waals surface area contributed by atoms with Crippen LogP contribution in [0.2, 0.25) is 0 Å². The lowest BCUT2D eigenvalue weighted by atomic mass is 10.1. The SMILES string of the molecule is O=C1CCCCCCN1C(=O)c1cccnc1. The lowest BCUT2D eigenvalue weighted by Crippen LogP contribution is -2.38. The van der Waals surface area contributed by atoms with Crippen molar-refractivity contribution in [3.05, 3.63) is 30.1 Å². The van der Waals surface area contributed by atoms with E-state index >= 15 is 0 Å². The van der Waals surface area contributed by atoms with Gasteiger partial charge in [-0.05, 0) is 25.0 Å². The Balaban J connectivity index is 2.13. The first-order chi connectivity index (χ1) is 8.29. The molecule has 0 atom stereocenters. The Labute approximate surface area is 101 Å². The molecule has 2 amide bonds. The topological polar surface area (TPSA) is 50.3 Å². The average molecular weight is 232 g/mol. The normalized spacial score (nSPS) is 17.4. The van der Waals surface area contributed by atoms with Crippen molar-refractivity contribution in [2.45, 2.75) is 32.1 Å². The quantitative estimate of drug-likeness (QED) is 0.696. The maximum atomic E-state index is 12.1. The molecule has 2 heterocycles. The third-order valence-corrected chi connectivity index (χ3v) is 2.98. The molecule has 1 fully saturated rings. The fourth-order valence-corrected chi connectivity index (χ4v) is 2.02. The zero-order valence-electron chi connectivity index (χ0n) is 9.76. The highest BCUT2D eigenvalue weighted by molar-refractivity contribution is 6.04. The van der Waals surface area contributed by atoms with Crippen LogP contribution in [0.3, 0.4) is 0 Å². The summed E-state index contributed by atoms with van der Waals surface area (Å²) in [7, 11) is 0. The lowest BCUT2D eigenvalue weighted by Gasteiger charge is -2.22. The van der Waals surface area contributed by atoms with E-state index in [1.54, 1.807) is 18.3 Å². The minimum Gasteiger partial charge on any atom is -0.278 e. The molecule has 1 aliphatic rings. The Hall–Kier alpha value is -1.71. The number of hydrogen-bond acceptors (Lipinski definition) is 3. The molecule has 1 aromatic rings. The van der Waals surface area contributed by atoms with Crippen molar-refractivity contribution in [3.8, 4) is 0 Å². The number of likely N-dealkylation sites (tertiary alicyclic amines) is 1. The summed E-state index contributed by atoms with van der Waals surface area (Å²) < 4.78 is 0. The summed E-state index contributed by atoms with van der Waals surface area (Å²) in [6.45, 7) is 0.534. The summed E-state index contributed by atoms with van der Waals surface area (Å²) in [5, 5.41) is 0. The lowest BCUT2D eigenvalue weighted by molar-refractivity contribution is -0.129. The number of imide groups is 1. The van der Waals surface area contributed by atoms with Crippen LogP contribution in [0.4, 0.5) is 0 Å². The number of rotatable bonds is 1. The van der Waals surface area contributed by atoms with Gasteiger partial charge in [0.1, 0.15) is 0 Å². The first-order valence-corrected chi connectivity index (χ1v) is 6.04. The summed E-state index contributed by atoms with van der Waals surface area (Å²) in [6.07, 6.45) is 7.56. The van der Waals surface area contributed by atoms with Gasteiger partial charge in [0.05, 0.1) is 5.56 Å². The Bertz CT molecular complexity index is 403. The van der Waals surface area contributed by atoms with Crippen molar-refractivity contribution in [1.29, 1.82) is 0 Å². The molecule has 0 aromatic carbocycles. The Morgan fingerprint density at radius 3 is 2.82 bits per heavy atom. The van der Waals surface area contributed by atoms with Crippen molar-refractivity contribution in [2.24, 2.45) is 0 Å². The third-order valence-electron chi connectivity index (χ3n) is 2.98. The number of carbonyl (C=O) groups excluding carboxylic acids is 2. The highest BCUT2D eigenvalue weighted by Crippen LogP contribution is 2.14. The van der Waals surface area contributed by atoms with E-state index < -0.39 is 0 Å². The Morgan fingerprint density at radius 1 is 1.24 bits per heavy atom. The van der Waals surface area contributed by atoms with Gasteiger partial charge >= 0.3 is 0 Å². The summed E-state index contributed by atoms with van der Waals surface area (Å²) in [5.74, 6) is -0.274. The number of carbonyl (C=O) groups is 2. The molecule has 90 valence electrons. The Morgan fingerprint density at radius 2 is 2.06 bits per heavy atom. The van der Waals surface area contributed by atoms with Crippen LogP contribution < -0.4 is 0 Å². The molecule has 2 rings (SSSR count). The average Bonchev–Trinajstić information content (AvgIpc) is 2.35. The highest BCUT2D eigenvalue weighted by atomic mass is 16.2. The van der Waals surface area contributed by atoms with Gasteiger partial charge in [-0.2, -0.15) is 0 Å². The number of hydrogen-bond donors (Lipinski definition) is 0. The zero-order chi connectivity index (χ0) is 12.1. The summed E-state index contributed by atoms with van der Waals surface area (Å²) in [5.41, 5.74) is 0.487. The smallest absolute Gasteiger partial charge is 0.262 e. The van der Waals surface area contributed by atoms with Crippen molar-refractivity contribution in [2.75, 3.05) is 6.54 Å². The van der Waals surface area contributed by atoms with E-state index in [9.17, 15) is 9.59 Å². The molecular weight excluding hydrogens is 216 g/mol. The van der Waals surface area contributed by atoms with Gasteiger partial charge in [0.15, 0.2) is 0 Å². The fraction of sp³-hybridized carbons (Fsp3) is 0.462. The van der Waals surface area contributed by atoms with E-state index in [0.717, 1.165) is 25.7 Å². The van der Waals surface area contributed by atoms with Crippen LogP contribution in [0.15, 0.2) is 24.5 Å². The molecule has 4 heteroatoms. The van der Waals surface area contributed by atoms with Crippen molar-refractivity contribution in [1.82, 2.24) is 9.88 Å². The van der Waals surface area contributed by atoms with Gasteiger partial charge in [-0.15, -0.1) is 0 Å². The molecule has 0 aliphatic carbocycles. The van der Waals surface area contributed by atoms with Gasteiger partial charge < -0.3 is 0 Å². The standard InChI is InChI=1S/C13H16N2O2/c16-12-7-3-1-2-4-9-15(12)13(17)11-6-5-8-14-10-11/h5-6,8,10H,1-4,7,9H2. The van der Waals surface area contributed by atoms with E-state index in [0.29, 0.717) is 18.5 Å². The van der Waals surface area contributed by atoms with Crippen LogP contribution in [-0.2, 0) is 4.79 Å². The molecule has 0 saturated carbocycles. The van der Waals surface area contributed by atoms with Crippen LogP contribution in [0.25, 0.3) is 0 Å². The minimum absolute atomic E-state index is 0.0569. The molecule has 1 saturated heterocycles. The largest absolute Gasteiger partial charge is 0.278 e. The second-order valence-corrected chi connectivity index (χ2v) is 4.26. The highest BCUT2D eigenvalue weighted by Gasteiger charge is 2.23. The number of aromatic nitrogens is 1. The summed E-state index contributed by atoms with van der Waals surface area (Å²) in [4.78, 5) is 29.3. The van der Waals surface area contributed by atoms with Crippen molar-refractivity contribution >= 4 is 11.8 Å². The van der Waals surface area contributed by atoms with E-state index in [4.69, 9.17) is 0 Å². The molecule has 0 radical (unpaired) electrons. The van der Waals surface area contributed by atoms with Crippen LogP contribution in [0, 0.1) is 0 Å². The van der Waals surface area contributed by atoms with Crippen LogP contribution in [-0.4, -0.2) is 28.2 Å². The number of nitrogens with zero attached hydrogens (tertiary/aromatic N) is 2. The predicted molar refractivity (Wildman–Crippen MR) is 63.4 cm³/mol. The molecule has 4 nitrogen and oxygen atoms in total. The molecular formula is C13H16N2O2.